The van der Waals surface area contributed by atoms with Crippen LogP contribution in [0.2, 0.25) is 0 Å². The molecule has 58 valence electrons. The number of hydrogen-bond donors (Lipinski definition) is 1. The molecule has 1 aliphatic carbocycles. The summed E-state index contributed by atoms with van der Waals surface area (Å²) in [5.41, 5.74) is 2.50. The first kappa shape index (κ1) is 7.32. The third-order valence-electron chi connectivity index (χ3n) is 2.12. The fourth-order valence-corrected chi connectivity index (χ4v) is 2.16. The number of fused-ring (bicyclic) bond motifs is 1. The molecule has 0 amide bonds. The Bertz CT molecular complexity index is 272. The number of halogens is 1. The molecule has 1 N–H and O–H groups in total. The van der Waals surface area contributed by atoms with Gasteiger partial charge in [0, 0.05) is 6.42 Å². The van der Waals surface area contributed by atoms with E-state index in [1.165, 1.54) is 11.1 Å². The third-order valence-corrected chi connectivity index (χ3v) is 3.22. The number of alkyl halides is 1. The molecule has 0 aliphatic heterocycles. The van der Waals surface area contributed by atoms with E-state index in [2.05, 4.69) is 28.1 Å². The van der Waals surface area contributed by atoms with Crippen LogP contribution >= 0.6 is 15.9 Å². The molecule has 1 aliphatic rings. The lowest BCUT2D eigenvalue weighted by atomic mass is 10.1. The predicted octanol–water partition coefficient (Wildman–Crippen LogP) is 2.04. The summed E-state index contributed by atoms with van der Waals surface area (Å²) in [6.45, 7) is 0. The molecule has 2 atom stereocenters. The molecule has 0 bridgehead atoms. The second-order valence-electron chi connectivity index (χ2n) is 2.87. The van der Waals surface area contributed by atoms with E-state index in [9.17, 15) is 5.11 Å². The quantitative estimate of drug-likeness (QED) is 0.654. The second-order valence-corrected chi connectivity index (χ2v) is 3.86. The molecule has 0 spiro atoms. The van der Waals surface area contributed by atoms with Crippen molar-refractivity contribution >= 4 is 15.9 Å². The van der Waals surface area contributed by atoms with Crippen molar-refractivity contribution in [2.24, 2.45) is 0 Å². The Balaban J connectivity index is 2.47. The smallest absolute Gasteiger partial charge is 0.0746 e. The van der Waals surface area contributed by atoms with E-state index in [1.807, 2.05) is 12.1 Å². The molecule has 11 heavy (non-hydrogen) atoms. The number of aliphatic hydroxyl groups is 1. The van der Waals surface area contributed by atoms with Gasteiger partial charge in [-0.25, -0.2) is 0 Å². The van der Waals surface area contributed by atoms with Crippen LogP contribution < -0.4 is 0 Å². The van der Waals surface area contributed by atoms with Crippen molar-refractivity contribution in [1.82, 2.24) is 0 Å². The molecule has 0 saturated carbocycles. The minimum absolute atomic E-state index is 0.138. The summed E-state index contributed by atoms with van der Waals surface area (Å²) in [7, 11) is 0. The normalized spacial score (nSPS) is 28.5. The van der Waals surface area contributed by atoms with Crippen LogP contribution in [0, 0.1) is 0 Å². The summed E-state index contributed by atoms with van der Waals surface area (Å²) in [6, 6.07) is 8.15. The summed E-state index contributed by atoms with van der Waals surface area (Å²) >= 11 is 3.45. The highest BCUT2D eigenvalue weighted by Crippen LogP contribution is 2.37. The van der Waals surface area contributed by atoms with Crippen LogP contribution in [0.3, 0.4) is 0 Å². The number of benzene rings is 1. The molecule has 1 aromatic rings. The average Bonchev–Trinajstić information content (AvgIpc) is 2.30. The molecule has 1 aromatic carbocycles. The molecule has 1 nitrogen and oxygen atoms in total. The number of rotatable bonds is 0. The van der Waals surface area contributed by atoms with E-state index in [-0.39, 0.29) is 10.9 Å². The zero-order chi connectivity index (χ0) is 7.84. The van der Waals surface area contributed by atoms with Crippen molar-refractivity contribution in [2.45, 2.75) is 17.4 Å². The topological polar surface area (TPSA) is 20.2 Å². The van der Waals surface area contributed by atoms with Gasteiger partial charge in [0.25, 0.3) is 0 Å². The first-order valence-electron chi connectivity index (χ1n) is 3.69. The predicted molar refractivity (Wildman–Crippen MR) is 47.8 cm³/mol. The maximum Gasteiger partial charge on any atom is 0.0746 e. The van der Waals surface area contributed by atoms with Gasteiger partial charge >= 0.3 is 0 Å². The van der Waals surface area contributed by atoms with Crippen molar-refractivity contribution < 1.29 is 5.11 Å². The van der Waals surface area contributed by atoms with E-state index >= 15 is 0 Å². The summed E-state index contributed by atoms with van der Waals surface area (Å²) in [4.78, 5) is 0.138. The van der Waals surface area contributed by atoms with Crippen LogP contribution in [0.25, 0.3) is 0 Å². The Morgan fingerprint density at radius 2 is 2.09 bits per heavy atom. The SMILES string of the molecule is O[C@H]1Cc2ccccc2[C@@H]1Br. The fourth-order valence-electron chi connectivity index (χ4n) is 1.53. The summed E-state index contributed by atoms with van der Waals surface area (Å²) in [6.07, 6.45) is 0.541. The van der Waals surface area contributed by atoms with Crippen molar-refractivity contribution in [3.05, 3.63) is 35.4 Å². The van der Waals surface area contributed by atoms with Crippen molar-refractivity contribution in [3.63, 3.8) is 0 Å². The lowest BCUT2D eigenvalue weighted by Crippen LogP contribution is -2.06. The van der Waals surface area contributed by atoms with Crippen LogP contribution in [0.15, 0.2) is 24.3 Å². The van der Waals surface area contributed by atoms with Crippen molar-refractivity contribution in [1.29, 1.82) is 0 Å². The van der Waals surface area contributed by atoms with Crippen LogP contribution in [0.4, 0.5) is 0 Å². The lowest BCUT2D eigenvalue weighted by Gasteiger charge is -2.05. The van der Waals surface area contributed by atoms with Crippen molar-refractivity contribution in [2.75, 3.05) is 0 Å². The largest absolute Gasteiger partial charge is 0.391 e. The van der Waals surface area contributed by atoms with E-state index in [1.54, 1.807) is 0 Å². The van der Waals surface area contributed by atoms with Gasteiger partial charge in [-0.2, -0.15) is 0 Å². The van der Waals surface area contributed by atoms with E-state index < -0.39 is 0 Å². The Morgan fingerprint density at radius 3 is 2.82 bits per heavy atom. The Labute approximate surface area is 74.2 Å². The summed E-state index contributed by atoms with van der Waals surface area (Å²) in [5, 5.41) is 9.47. The molecule has 0 heterocycles. The fraction of sp³-hybridized carbons (Fsp3) is 0.333. The number of hydrogen-bond acceptors (Lipinski definition) is 1. The minimum Gasteiger partial charge on any atom is -0.391 e. The molecule has 0 aromatic heterocycles. The van der Waals surface area contributed by atoms with Gasteiger partial charge < -0.3 is 5.11 Å². The maximum absolute atomic E-state index is 9.47. The zero-order valence-electron chi connectivity index (χ0n) is 6.00. The highest BCUT2D eigenvalue weighted by atomic mass is 79.9. The van der Waals surface area contributed by atoms with Crippen LogP contribution in [-0.4, -0.2) is 11.2 Å². The maximum atomic E-state index is 9.47. The molecule has 0 saturated heterocycles. The van der Waals surface area contributed by atoms with Gasteiger partial charge in [0.05, 0.1) is 10.9 Å². The van der Waals surface area contributed by atoms with Crippen molar-refractivity contribution in [3.8, 4) is 0 Å². The third kappa shape index (κ3) is 1.10. The van der Waals surface area contributed by atoms with E-state index in [4.69, 9.17) is 0 Å². The zero-order valence-corrected chi connectivity index (χ0v) is 7.58. The molecule has 0 unspecified atom stereocenters. The molecular formula is C9H9BrO. The van der Waals surface area contributed by atoms with Crippen LogP contribution in [-0.2, 0) is 6.42 Å². The second kappa shape index (κ2) is 2.61. The van der Waals surface area contributed by atoms with Gasteiger partial charge in [0.1, 0.15) is 0 Å². The Hall–Kier alpha value is -0.340. The molecular weight excluding hydrogens is 204 g/mol. The van der Waals surface area contributed by atoms with Crippen LogP contribution in [0.5, 0.6) is 0 Å². The van der Waals surface area contributed by atoms with Gasteiger partial charge in [-0.15, -0.1) is 0 Å². The summed E-state index contributed by atoms with van der Waals surface area (Å²) < 4.78 is 0. The van der Waals surface area contributed by atoms with Crippen LogP contribution in [0.1, 0.15) is 16.0 Å². The molecule has 2 rings (SSSR count). The first-order valence-corrected chi connectivity index (χ1v) is 4.60. The standard InChI is InChI=1S/C9H9BrO/c10-9-7-4-2-1-3-6(7)5-8(9)11/h1-4,8-9,11H,5H2/t8-,9-/m0/s1. The molecule has 2 heteroatoms. The van der Waals surface area contributed by atoms with Gasteiger partial charge in [0.15, 0.2) is 0 Å². The first-order chi connectivity index (χ1) is 5.29. The molecule has 0 radical (unpaired) electrons. The highest BCUT2D eigenvalue weighted by molar-refractivity contribution is 9.09. The van der Waals surface area contributed by atoms with E-state index in [0.717, 1.165) is 6.42 Å². The number of aliphatic hydroxyl groups excluding tert-OH is 1. The summed E-state index contributed by atoms with van der Waals surface area (Å²) in [5.74, 6) is 0. The van der Waals surface area contributed by atoms with Gasteiger partial charge in [0.2, 0.25) is 0 Å². The van der Waals surface area contributed by atoms with E-state index in [0.29, 0.717) is 0 Å². The Kier molecular flexibility index (Phi) is 1.74. The monoisotopic (exact) mass is 212 g/mol. The van der Waals surface area contributed by atoms with Gasteiger partial charge in [-0.3, -0.25) is 0 Å². The molecule has 0 fully saturated rings. The Morgan fingerprint density at radius 1 is 1.36 bits per heavy atom. The average molecular weight is 213 g/mol. The van der Waals surface area contributed by atoms with Gasteiger partial charge in [-0.05, 0) is 11.1 Å². The minimum atomic E-state index is -0.243. The highest BCUT2D eigenvalue weighted by Gasteiger charge is 2.27. The van der Waals surface area contributed by atoms with Gasteiger partial charge in [-0.1, -0.05) is 40.2 Å². The lowest BCUT2D eigenvalue weighted by molar-refractivity contribution is 0.186.